The van der Waals surface area contributed by atoms with Crippen molar-refractivity contribution in [3.8, 4) is 12.3 Å². The summed E-state index contributed by atoms with van der Waals surface area (Å²) in [6.45, 7) is 8.03. The molecule has 1 aliphatic rings. The molecule has 0 bridgehead atoms. The summed E-state index contributed by atoms with van der Waals surface area (Å²) in [6.07, 6.45) is 9.88. The lowest BCUT2D eigenvalue weighted by Gasteiger charge is -2.38. The molecule has 2 heteroatoms. The van der Waals surface area contributed by atoms with Gasteiger partial charge in [0.2, 0.25) is 0 Å². The van der Waals surface area contributed by atoms with Crippen molar-refractivity contribution in [1.29, 1.82) is 0 Å². The van der Waals surface area contributed by atoms with Crippen LogP contribution in [0.25, 0.3) is 0 Å². The van der Waals surface area contributed by atoms with Crippen molar-refractivity contribution in [2.45, 2.75) is 51.6 Å². The van der Waals surface area contributed by atoms with Gasteiger partial charge in [-0.05, 0) is 26.3 Å². The van der Waals surface area contributed by atoms with Crippen LogP contribution in [0.3, 0.4) is 0 Å². The first-order valence-electron chi connectivity index (χ1n) is 6.18. The van der Waals surface area contributed by atoms with E-state index in [-0.39, 0.29) is 0 Å². The average Bonchev–Trinajstić information content (AvgIpc) is 2.23. The second-order valence-electron chi connectivity index (χ2n) is 4.55. The monoisotopic (exact) mass is 208 g/mol. The van der Waals surface area contributed by atoms with Crippen LogP contribution in [-0.4, -0.2) is 36.6 Å². The number of hydrogen-bond donors (Lipinski definition) is 1. The molecule has 0 aliphatic carbocycles. The molecule has 2 atom stereocenters. The summed E-state index contributed by atoms with van der Waals surface area (Å²) < 4.78 is 0. The first kappa shape index (κ1) is 12.5. The Kier molecular flexibility index (Phi) is 5.75. The highest BCUT2D eigenvalue weighted by molar-refractivity contribution is 4.86. The Bertz CT molecular complexity index is 207. The number of nitrogens with zero attached hydrogens (tertiary/aromatic N) is 1. The van der Waals surface area contributed by atoms with Crippen molar-refractivity contribution in [3.05, 3.63) is 0 Å². The number of nitrogens with one attached hydrogen (secondary N) is 1. The number of rotatable bonds is 5. The quantitative estimate of drug-likeness (QED) is 0.548. The third kappa shape index (κ3) is 4.24. The molecule has 15 heavy (non-hydrogen) atoms. The summed E-state index contributed by atoms with van der Waals surface area (Å²) in [5.74, 6) is 2.72. The van der Waals surface area contributed by atoms with Crippen molar-refractivity contribution in [3.63, 3.8) is 0 Å². The molecular weight excluding hydrogens is 184 g/mol. The number of piperazine rings is 1. The highest BCUT2D eigenvalue weighted by Gasteiger charge is 2.23. The van der Waals surface area contributed by atoms with Gasteiger partial charge in [0.05, 0.1) is 0 Å². The smallest absolute Gasteiger partial charge is 0.0195 e. The summed E-state index contributed by atoms with van der Waals surface area (Å²) in [4.78, 5) is 2.58. The van der Waals surface area contributed by atoms with E-state index in [9.17, 15) is 0 Å². The molecule has 1 heterocycles. The molecule has 1 fully saturated rings. The van der Waals surface area contributed by atoms with E-state index in [0.29, 0.717) is 12.1 Å². The van der Waals surface area contributed by atoms with Gasteiger partial charge in [-0.3, -0.25) is 4.90 Å². The lowest BCUT2D eigenvalue weighted by molar-refractivity contribution is 0.136. The van der Waals surface area contributed by atoms with Crippen LogP contribution in [-0.2, 0) is 0 Å². The van der Waals surface area contributed by atoms with E-state index < -0.39 is 0 Å². The standard InChI is InChI=1S/C13H24N2/c1-4-6-7-9-15-11-13(8-5-2)14-10-12(15)3/h1,12-14H,5-11H2,2-3H3. The normalized spacial score (nSPS) is 27.5. The van der Waals surface area contributed by atoms with Crippen molar-refractivity contribution in [2.24, 2.45) is 0 Å². The predicted octanol–water partition coefficient (Wildman–Crippen LogP) is 1.86. The van der Waals surface area contributed by atoms with Crippen LogP contribution < -0.4 is 5.32 Å². The molecule has 1 aliphatic heterocycles. The van der Waals surface area contributed by atoms with E-state index in [0.717, 1.165) is 25.9 Å². The summed E-state index contributed by atoms with van der Waals surface area (Å²) >= 11 is 0. The molecule has 1 rings (SSSR count). The second-order valence-corrected chi connectivity index (χ2v) is 4.55. The van der Waals surface area contributed by atoms with Gasteiger partial charge in [-0.15, -0.1) is 12.3 Å². The highest BCUT2D eigenvalue weighted by Crippen LogP contribution is 2.11. The fraction of sp³-hybridized carbons (Fsp3) is 0.846. The molecule has 0 aromatic rings. The van der Waals surface area contributed by atoms with Crippen molar-refractivity contribution in [1.82, 2.24) is 10.2 Å². The number of hydrogen-bond acceptors (Lipinski definition) is 2. The van der Waals surface area contributed by atoms with Gasteiger partial charge in [0.25, 0.3) is 0 Å². The first-order valence-corrected chi connectivity index (χ1v) is 6.18. The molecule has 0 radical (unpaired) electrons. The van der Waals surface area contributed by atoms with Crippen LogP contribution in [0.15, 0.2) is 0 Å². The lowest BCUT2D eigenvalue weighted by atomic mass is 10.1. The summed E-state index contributed by atoms with van der Waals surface area (Å²) in [7, 11) is 0. The molecule has 0 saturated carbocycles. The molecule has 0 aromatic carbocycles. The Labute approximate surface area is 94.4 Å². The molecule has 0 aromatic heterocycles. The first-order chi connectivity index (χ1) is 7.27. The molecule has 86 valence electrons. The topological polar surface area (TPSA) is 15.3 Å². The third-order valence-electron chi connectivity index (χ3n) is 3.18. The van der Waals surface area contributed by atoms with Gasteiger partial charge in [0.15, 0.2) is 0 Å². The molecule has 2 nitrogen and oxygen atoms in total. The lowest BCUT2D eigenvalue weighted by Crippen LogP contribution is -2.55. The Morgan fingerprint density at radius 2 is 2.33 bits per heavy atom. The van der Waals surface area contributed by atoms with E-state index in [2.05, 4.69) is 30.0 Å². The zero-order valence-electron chi connectivity index (χ0n) is 10.1. The van der Waals surface area contributed by atoms with Crippen LogP contribution in [0.2, 0.25) is 0 Å². The van der Waals surface area contributed by atoms with Gasteiger partial charge in [0, 0.05) is 31.6 Å². The molecule has 0 spiro atoms. The summed E-state index contributed by atoms with van der Waals surface area (Å²) in [6, 6.07) is 1.35. The molecule has 0 amide bonds. The molecule has 2 unspecified atom stereocenters. The van der Waals surface area contributed by atoms with Crippen LogP contribution >= 0.6 is 0 Å². The Hall–Kier alpha value is -0.520. The third-order valence-corrected chi connectivity index (χ3v) is 3.18. The van der Waals surface area contributed by atoms with Crippen molar-refractivity contribution in [2.75, 3.05) is 19.6 Å². The van der Waals surface area contributed by atoms with Gasteiger partial charge in [-0.1, -0.05) is 13.3 Å². The fourth-order valence-corrected chi connectivity index (χ4v) is 2.23. The van der Waals surface area contributed by atoms with Crippen LogP contribution in [0.1, 0.15) is 39.5 Å². The Morgan fingerprint density at radius 1 is 1.53 bits per heavy atom. The number of unbranched alkanes of at least 4 members (excludes halogenated alkanes) is 1. The molecule has 1 N–H and O–H groups in total. The minimum absolute atomic E-state index is 0.663. The van der Waals surface area contributed by atoms with E-state index in [1.54, 1.807) is 0 Å². The van der Waals surface area contributed by atoms with E-state index >= 15 is 0 Å². The summed E-state index contributed by atoms with van der Waals surface area (Å²) in [5.41, 5.74) is 0. The zero-order valence-corrected chi connectivity index (χ0v) is 10.1. The van der Waals surface area contributed by atoms with E-state index in [1.807, 2.05) is 0 Å². The number of terminal acetylenes is 1. The van der Waals surface area contributed by atoms with Crippen LogP contribution in [0, 0.1) is 12.3 Å². The van der Waals surface area contributed by atoms with E-state index in [1.165, 1.54) is 19.4 Å². The average molecular weight is 208 g/mol. The van der Waals surface area contributed by atoms with Gasteiger partial charge in [-0.25, -0.2) is 0 Å². The van der Waals surface area contributed by atoms with Crippen molar-refractivity contribution >= 4 is 0 Å². The largest absolute Gasteiger partial charge is 0.311 e. The van der Waals surface area contributed by atoms with Crippen LogP contribution in [0.4, 0.5) is 0 Å². The molecule has 1 saturated heterocycles. The van der Waals surface area contributed by atoms with Crippen molar-refractivity contribution < 1.29 is 0 Å². The van der Waals surface area contributed by atoms with E-state index in [4.69, 9.17) is 6.42 Å². The van der Waals surface area contributed by atoms with Crippen LogP contribution in [0.5, 0.6) is 0 Å². The summed E-state index contributed by atoms with van der Waals surface area (Å²) in [5, 5.41) is 3.61. The molecular formula is C13H24N2. The Balaban J connectivity index is 2.29. The fourth-order valence-electron chi connectivity index (χ4n) is 2.23. The maximum Gasteiger partial charge on any atom is 0.0195 e. The minimum Gasteiger partial charge on any atom is -0.311 e. The van der Waals surface area contributed by atoms with Gasteiger partial charge >= 0.3 is 0 Å². The Morgan fingerprint density at radius 3 is 3.00 bits per heavy atom. The van der Waals surface area contributed by atoms with Gasteiger partial charge in [-0.2, -0.15) is 0 Å². The minimum atomic E-state index is 0.663. The SMILES string of the molecule is C#CCCCN1CC(CCC)NCC1C. The maximum atomic E-state index is 5.27. The predicted molar refractivity (Wildman–Crippen MR) is 65.8 cm³/mol. The zero-order chi connectivity index (χ0) is 11.1. The second kappa shape index (κ2) is 6.87. The maximum absolute atomic E-state index is 5.27. The van der Waals surface area contributed by atoms with Gasteiger partial charge in [0.1, 0.15) is 0 Å². The van der Waals surface area contributed by atoms with Gasteiger partial charge < -0.3 is 5.32 Å². The highest BCUT2D eigenvalue weighted by atomic mass is 15.2.